The Balaban J connectivity index is 1.73. The van der Waals surface area contributed by atoms with Gasteiger partial charge in [0.15, 0.2) is 0 Å². The monoisotopic (exact) mass is 527 g/mol. The molecule has 0 aliphatic carbocycles. The van der Waals surface area contributed by atoms with Gasteiger partial charge in [0, 0.05) is 56.5 Å². The van der Waals surface area contributed by atoms with Gasteiger partial charge in [-0.05, 0) is 38.4 Å². The predicted octanol–water partition coefficient (Wildman–Crippen LogP) is 4.63. The maximum atomic E-state index is 12.2. The van der Waals surface area contributed by atoms with Crippen LogP contribution in [0.25, 0.3) is 22.2 Å². The maximum absolute atomic E-state index is 12.2. The molecule has 0 saturated carbocycles. The molecule has 0 bridgehead atoms. The number of nitrogens with zero attached hydrogens (tertiary/aromatic N) is 5. The summed E-state index contributed by atoms with van der Waals surface area (Å²) in [7, 11) is 7.56. The van der Waals surface area contributed by atoms with Crippen molar-refractivity contribution in [1.82, 2.24) is 19.4 Å². The van der Waals surface area contributed by atoms with Crippen molar-refractivity contribution in [3.05, 3.63) is 67.5 Å². The number of carbonyl (C=O) groups excluding carboxylic acids is 2. The lowest BCUT2D eigenvalue weighted by Crippen LogP contribution is -2.29. The van der Waals surface area contributed by atoms with Crippen LogP contribution in [0.15, 0.2) is 67.5 Å². The Kier molecular flexibility index (Phi) is 8.26. The summed E-state index contributed by atoms with van der Waals surface area (Å²) in [5, 5.41) is 7.04. The number of fused-ring (bicyclic) bond motifs is 1. The first-order chi connectivity index (χ1) is 18.7. The average molecular weight is 528 g/mol. The van der Waals surface area contributed by atoms with Crippen LogP contribution in [0, 0.1) is 0 Å². The highest BCUT2D eigenvalue weighted by molar-refractivity contribution is 6.02. The number of benzene rings is 2. The van der Waals surface area contributed by atoms with Crippen LogP contribution in [-0.2, 0) is 4.79 Å². The summed E-state index contributed by atoms with van der Waals surface area (Å²) in [5.41, 5.74) is 4.24. The molecule has 2 N–H and O–H groups in total. The van der Waals surface area contributed by atoms with Crippen LogP contribution < -0.4 is 20.3 Å². The van der Waals surface area contributed by atoms with E-state index in [-0.39, 0.29) is 11.8 Å². The van der Waals surface area contributed by atoms with Crippen molar-refractivity contribution in [3.63, 3.8) is 0 Å². The minimum atomic E-state index is -0.325. The first-order valence-corrected chi connectivity index (χ1v) is 12.4. The largest absolute Gasteiger partial charge is 0.494 e. The molecule has 10 nitrogen and oxygen atoms in total. The number of ether oxygens (including phenoxy) is 1. The van der Waals surface area contributed by atoms with Crippen LogP contribution >= 0.6 is 0 Å². The number of anilines is 4. The van der Waals surface area contributed by atoms with Crippen molar-refractivity contribution in [2.75, 3.05) is 56.9 Å². The highest BCUT2D eigenvalue weighted by atomic mass is 16.5. The van der Waals surface area contributed by atoms with E-state index in [9.17, 15) is 9.59 Å². The van der Waals surface area contributed by atoms with Gasteiger partial charge in [0.05, 0.1) is 35.4 Å². The average Bonchev–Trinajstić information content (AvgIpc) is 3.32. The molecule has 39 heavy (non-hydrogen) atoms. The van der Waals surface area contributed by atoms with Gasteiger partial charge in [0.1, 0.15) is 5.75 Å². The van der Waals surface area contributed by atoms with E-state index in [1.807, 2.05) is 56.4 Å². The molecule has 202 valence electrons. The molecular weight excluding hydrogens is 494 g/mol. The molecule has 0 radical (unpaired) electrons. The maximum Gasteiger partial charge on any atom is 0.247 e. The highest BCUT2D eigenvalue weighted by Gasteiger charge is 2.18. The second-order valence-corrected chi connectivity index (χ2v) is 9.33. The first kappa shape index (κ1) is 27.3. The number of rotatable bonds is 10. The number of hydrogen-bond donors (Lipinski definition) is 2. The van der Waals surface area contributed by atoms with Gasteiger partial charge in [-0.1, -0.05) is 24.8 Å². The lowest BCUT2D eigenvalue weighted by atomic mass is 10.1. The fourth-order valence-corrected chi connectivity index (χ4v) is 4.24. The van der Waals surface area contributed by atoms with Gasteiger partial charge in [0.25, 0.3) is 0 Å². The van der Waals surface area contributed by atoms with Crippen molar-refractivity contribution in [3.8, 4) is 17.0 Å². The summed E-state index contributed by atoms with van der Waals surface area (Å²) in [6.45, 7) is 6.66. The lowest BCUT2D eigenvalue weighted by Gasteiger charge is -2.26. The van der Waals surface area contributed by atoms with E-state index in [1.54, 1.807) is 36.2 Å². The number of para-hydroxylation sites is 1. The van der Waals surface area contributed by atoms with Gasteiger partial charge in [-0.15, -0.1) is 0 Å². The summed E-state index contributed by atoms with van der Waals surface area (Å²) >= 11 is 0. The summed E-state index contributed by atoms with van der Waals surface area (Å²) in [4.78, 5) is 37.7. The molecule has 0 fully saturated rings. The molecule has 0 atom stereocenters. The zero-order valence-electron chi connectivity index (χ0n) is 22.9. The molecule has 0 aliphatic rings. The van der Waals surface area contributed by atoms with E-state index >= 15 is 0 Å². The predicted molar refractivity (Wildman–Crippen MR) is 156 cm³/mol. The fourth-order valence-electron chi connectivity index (χ4n) is 4.24. The lowest BCUT2D eigenvalue weighted by molar-refractivity contribution is -0.111. The summed E-state index contributed by atoms with van der Waals surface area (Å²) in [6, 6.07) is 13.1. The molecule has 0 spiro atoms. The molecule has 0 saturated heterocycles. The molecule has 1 amide bonds. The van der Waals surface area contributed by atoms with Crippen molar-refractivity contribution in [2.45, 2.75) is 6.92 Å². The van der Waals surface area contributed by atoms with Gasteiger partial charge in [0.2, 0.25) is 17.8 Å². The zero-order chi connectivity index (χ0) is 28.1. The normalized spacial score (nSPS) is 10.9. The number of carbonyl (C=O) groups is 2. The van der Waals surface area contributed by atoms with Gasteiger partial charge >= 0.3 is 0 Å². The molecule has 0 aliphatic heterocycles. The van der Waals surface area contributed by atoms with Gasteiger partial charge < -0.3 is 25.2 Å². The number of amides is 1. The Morgan fingerprint density at radius 2 is 1.87 bits per heavy atom. The van der Waals surface area contributed by atoms with Crippen LogP contribution in [0.1, 0.15) is 11.7 Å². The zero-order valence-corrected chi connectivity index (χ0v) is 22.9. The van der Waals surface area contributed by atoms with Crippen LogP contribution in [-0.4, -0.2) is 72.6 Å². The summed E-state index contributed by atoms with van der Waals surface area (Å²) in [5.74, 6) is 0.480. The number of methoxy groups -OCH3 is 1. The molecule has 2 aromatic heterocycles. The number of likely N-dealkylation sites (N-methyl/N-ethyl adjacent to an activating group) is 2. The molecule has 2 aromatic carbocycles. The van der Waals surface area contributed by atoms with Crippen molar-refractivity contribution in [2.24, 2.45) is 0 Å². The number of hydrogen-bond acceptors (Lipinski definition) is 8. The highest BCUT2D eigenvalue weighted by Crippen LogP contribution is 2.38. The fraction of sp³-hybridized carbons (Fsp3) is 0.241. The Hall–Kier alpha value is -4.70. The van der Waals surface area contributed by atoms with Crippen LogP contribution in [0.2, 0.25) is 0 Å². The van der Waals surface area contributed by atoms with E-state index < -0.39 is 0 Å². The molecule has 4 aromatic rings. The SMILES string of the molecule is C=CC(=O)Nc1cc(Nc2nccc(-c3cn(C(C)=O)c4ccccc34)n2)c(OC)cc1N(C)CCN(C)C. The topological polar surface area (TPSA) is 105 Å². The smallest absolute Gasteiger partial charge is 0.247 e. The third kappa shape index (κ3) is 6.07. The second-order valence-electron chi connectivity index (χ2n) is 9.33. The Labute approximate surface area is 227 Å². The van der Waals surface area contributed by atoms with Crippen molar-refractivity contribution < 1.29 is 14.3 Å². The van der Waals surface area contributed by atoms with E-state index in [0.717, 1.165) is 35.2 Å². The Morgan fingerprint density at radius 3 is 2.56 bits per heavy atom. The Morgan fingerprint density at radius 1 is 1.10 bits per heavy atom. The second kappa shape index (κ2) is 11.8. The van der Waals surface area contributed by atoms with Gasteiger partial charge in [-0.2, -0.15) is 0 Å². The molecular formula is C29H33N7O3. The standard InChI is InChI=1S/C29H33N7O3/c1-7-28(38)31-23-16-24(27(39-6)17-26(23)35(5)15-14-34(3)4)33-29-30-13-12-22(32-29)21-18-36(19(2)37)25-11-9-8-10-20(21)25/h7-13,16-18H,1,14-15H2,2-6H3,(H,31,38)(H,30,32,33). The number of aromatic nitrogens is 3. The van der Waals surface area contributed by atoms with E-state index in [1.165, 1.54) is 13.0 Å². The molecule has 2 heterocycles. The van der Waals surface area contributed by atoms with Crippen LogP contribution in [0.4, 0.5) is 23.0 Å². The minimum Gasteiger partial charge on any atom is -0.494 e. The number of nitrogens with one attached hydrogen (secondary N) is 2. The Bertz CT molecular complexity index is 1530. The van der Waals surface area contributed by atoms with E-state index in [0.29, 0.717) is 28.8 Å². The van der Waals surface area contributed by atoms with Crippen LogP contribution in [0.3, 0.4) is 0 Å². The van der Waals surface area contributed by atoms with Crippen molar-refractivity contribution >= 4 is 45.7 Å². The third-order valence-electron chi connectivity index (χ3n) is 6.28. The van der Waals surface area contributed by atoms with Gasteiger partial charge in [-0.3, -0.25) is 14.2 Å². The van der Waals surface area contributed by atoms with E-state index in [2.05, 4.69) is 27.1 Å². The third-order valence-corrected chi connectivity index (χ3v) is 6.28. The van der Waals surface area contributed by atoms with Gasteiger partial charge in [-0.25, -0.2) is 9.97 Å². The quantitative estimate of drug-likeness (QED) is 0.288. The molecule has 0 unspecified atom stereocenters. The van der Waals surface area contributed by atoms with Crippen LogP contribution in [0.5, 0.6) is 5.75 Å². The summed E-state index contributed by atoms with van der Waals surface area (Å²) < 4.78 is 7.31. The first-order valence-electron chi connectivity index (χ1n) is 12.4. The van der Waals surface area contributed by atoms with E-state index in [4.69, 9.17) is 9.72 Å². The molecule has 10 heteroatoms. The van der Waals surface area contributed by atoms with Crippen molar-refractivity contribution in [1.29, 1.82) is 0 Å². The summed E-state index contributed by atoms with van der Waals surface area (Å²) in [6.07, 6.45) is 4.67. The molecule has 4 rings (SSSR count). The minimum absolute atomic E-state index is 0.0840.